The van der Waals surface area contributed by atoms with Crippen LogP contribution >= 0.6 is 15.9 Å². The topological polar surface area (TPSA) is 70.8 Å². The Morgan fingerprint density at radius 2 is 1.32 bits per heavy atom. The molecular formula is C25H40BrNO4. The predicted octanol–water partition coefficient (Wildman–Crippen LogP) is 7.02. The van der Waals surface area contributed by atoms with Crippen molar-refractivity contribution in [3.8, 4) is 17.2 Å². The van der Waals surface area contributed by atoms with Crippen LogP contribution in [0.25, 0.3) is 0 Å². The highest BCUT2D eigenvalue weighted by atomic mass is 79.9. The molecule has 0 aliphatic rings. The van der Waals surface area contributed by atoms with Crippen LogP contribution in [0.1, 0.15) is 60.8 Å². The van der Waals surface area contributed by atoms with Crippen LogP contribution in [-0.4, -0.2) is 25.7 Å². The molecule has 0 aliphatic heterocycles. The molecule has 0 unspecified atom stereocenters. The van der Waals surface area contributed by atoms with Crippen molar-refractivity contribution in [2.24, 2.45) is 5.73 Å². The minimum Gasteiger partial charge on any atom is -0.490 e. The molecule has 0 spiro atoms. The van der Waals surface area contributed by atoms with Crippen molar-refractivity contribution < 1.29 is 19.0 Å². The molecule has 31 heavy (non-hydrogen) atoms. The maximum Gasteiger partial charge on any atom is 0.311 e. The molecule has 0 bridgehead atoms. The van der Waals surface area contributed by atoms with E-state index in [2.05, 4.69) is 15.9 Å². The van der Waals surface area contributed by atoms with Crippen molar-refractivity contribution in [2.45, 2.75) is 60.8 Å². The van der Waals surface area contributed by atoms with Gasteiger partial charge in [-0.2, -0.15) is 0 Å². The van der Waals surface area contributed by atoms with Crippen LogP contribution < -0.4 is 19.9 Å². The van der Waals surface area contributed by atoms with Crippen LogP contribution in [0.4, 0.5) is 0 Å². The number of unbranched alkanes of at least 4 members (excludes halogenated alkanes) is 1. The van der Waals surface area contributed by atoms with E-state index in [0.717, 1.165) is 23.1 Å². The molecule has 2 N–H and O–H groups in total. The summed E-state index contributed by atoms with van der Waals surface area (Å²) >= 11 is 3.40. The zero-order valence-corrected chi connectivity index (χ0v) is 21.5. The second-order valence-corrected chi connectivity index (χ2v) is 6.26. The lowest BCUT2D eigenvalue weighted by atomic mass is 10.2. The summed E-state index contributed by atoms with van der Waals surface area (Å²) in [6, 6.07) is 14.6. The first-order chi connectivity index (χ1) is 15.2. The Balaban J connectivity index is 0. The molecule has 5 nitrogen and oxygen atoms in total. The van der Waals surface area contributed by atoms with Gasteiger partial charge in [0.25, 0.3) is 0 Å². The van der Waals surface area contributed by atoms with Gasteiger partial charge < -0.3 is 19.9 Å². The Morgan fingerprint density at radius 3 is 1.87 bits per heavy atom. The van der Waals surface area contributed by atoms with Gasteiger partial charge in [0.15, 0.2) is 0 Å². The SMILES string of the molecule is CC.CC.CC.NCCCCC(=O)Oc1cccc(OCCOc2cccc(Br)c2)c1. The first-order valence-corrected chi connectivity index (χ1v) is 12.0. The van der Waals surface area contributed by atoms with Gasteiger partial charge in [0, 0.05) is 17.0 Å². The van der Waals surface area contributed by atoms with Gasteiger partial charge >= 0.3 is 5.97 Å². The lowest BCUT2D eigenvalue weighted by Crippen LogP contribution is -2.10. The molecule has 0 fully saturated rings. The molecule has 0 amide bonds. The van der Waals surface area contributed by atoms with Crippen molar-refractivity contribution in [3.63, 3.8) is 0 Å². The first kappa shape index (κ1) is 31.1. The Morgan fingerprint density at radius 1 is 0.806 bits per heavy atom. The summed E-state index contributed by atoms with van der Waals surface area (Å²) in [6.45, 7) is 13.4. The third-order valence-corrected chi connectivity index (χ3v) is 3.78. The second-order valence-electron chi connectivity index (χ2n) is 5.35. The maximum absolute atomic E-state index is 11.7. The lowest BCUT2D eigenvalue weighted by Gasteiger charge is -2.10. The summed E-state index contributed by atoms with van der Waals surface area (Å²) < 4.78 is 17.5. The van der Waals surface area contributed by atoms with Crippen LogP contribution in [0.5, 0.6) is 17.2 Å². The molecule has 2 aromatic rings. The molecule has 0 aliphatic carbocycles. The molecule has 0 aromatic heterocycles. The summed E-state index contributed by atoms with van der Waals surface area (Å²) in [4.78, 5) is 11.7. The molecule has 0 saturated carbocycles. The quantitative estimate of drug-likeness (QED) is 0.217. The van der Waals surface area contributed by atoms with Gasteiger partial charge in [0.1, 0.15) is 30.5 Å². The zero-order chi connectivity index (χ0) is 23.9. The van der Waals surface area contributed by atoms with E-state index in [1.165, 1.54) is 0 Å². The van der Waals surface area contributed by atoms with E-state index in [1.54, 1.807) is 18.2 Å². The molecule has 6 heteroatoms. The first-order valence-electron chi connectivity index (χ1n) is 11.2. The van der Waals surface area contributed by atoms with Crippen LogP contribution in [0.2, 0.25) is 0 Å². The van der Waals surface area contributed by atoms with Crippen LogP contribution in [0.3, 0.4) is 0 Å². The van der Waals surface area contributed by atoms with E-state index in [4.69, 9.17) is 19.9 Å². The lowest BCUT2D eigenvalue weighted by molar-refractivity contribution is -0.134. The fourth-order valence-electron chi connectivity index (χ4n) is 2.10. The molecular weight excluding hydrogens is 458 g/mol. The van der Waals surface area contributed by atoms with Crippen LogP contribution in [0.15, 0.2) is 53.0 Å². The van der Waals surface area contributed by atoms with E-state index < -0.39 is 0 Å². The van der Waals surface area contributed by atoms with Gasteiger partial charge in [-0.1, -0.05) is 69.6 Å². The van der Waals surface area contributed by atoms with Gasteiger partial charge in [0.05, 0.1) is 0 Å². The Bertz CT molecular complexity index is 680. The third-order valence-electron chi connectivity index (χ3n) is 3.29. The number of carbonyl (C=O) groups is 1. The van der Waals surface area contributed by atoms with Gasteiger partial charge in [0.2, 0.25) is 0 Å². The summed E-state index contributed by atoms with van der Waals surface area (Å²) in [5.41, 5.74) is 5.41. The summed E-state index contributed by atoms with van der Waals surface area (Å²) in [5, 5.41) is 0. The Labute approximate surface area is 197 Å². The van der Waals surface area contributed by atoms with Crippen molar-refractivity contribution in [1.82, 2.24) is 0 Å². The maximum atomic E-state index is 11.7. The number of halogens is 1. The Kier molecular flexibility index (Phi) is 22.7. The zero-order valence-electron chi connectivity index (χ0n) is 19.9. The van der Waals surface area contributed by atoms with Gasteiger partial charge in [-0.15, -0.1) is 0 Å². The van der Waals surface area contributed by atoms with E-state index in [0.29, 0.717) is 37.7 Å². The number of nitrogens with two attached hydrogens (primary N) is 1. The number of hydrogen-bond acceptors (Lipinski definition) is 5. The summed E-state index contributed by atoms with van der Waals surface area (Å²) in [5.74, 6) is 1.62. The number of benzene rings is 2. The summed E-state index contributed by atoms with van der Waals surface area (Å²) in [7, 11) is 0. The van der Waals surface area contributed by atoms with E-state index in [1.807, 2.05) is 71.9 Å². The smallest absolute Gasteiger partial charge is 0.311 e. The van der Waals surface area contributed by atoms with Crippen molar-refractivity contribution in [3.05, 3.63) is 53.0 Å². The molecule has 0 atom stereocenters. The second kappa shape index (κ2) is 22.6. The minimum atomic E-state index is -0.261. The number of ether oxygens (including phenoxy) is 3. The minimum absolute atomic E-state index is 0.261. The van der Waals surface area contributed by atoms with Crippen molar-refractivity contribution in [2.75, 3.05) is 19.8 Å². The fraction of sp³-hybridized carbons (Fsp3) is 0.480. The molecule has 0 heterocycles. The largest absolute Gasteiger partial charge is 0.490 e. The highest BCUT2D eigenvalue weighted by molar-refractivity contribution is 9.10. The monoisotopic (exact) mass is 497 g/mol. The van der Waals surface area contributed by atoms with Gasteiger partial charge in [-0.05, 0) is 49.7 Å². The highest BCUT2D eigenvalue weighted by Crippen LogP contribution is 2.21. The molecule has 0 radical (unpaired) electrons. The van der Waals surface area contributed by atoms with E-state index in [-0.39, 0.29) is 5.97 Å². The summed E-state index contributed by atoms with van der Waals surface area (Å²) in [6.07, 6.45) is 1.91. The standard InChI is InChI=1S/C19H22BrNO4.3C2H6/c20-15-5-3-6-16(13-15)23-11-12-24-17-7-4-8-18(14-17)25-19(22)9-1-2-10-21;3*1-2/h3-8,13-14H,1-2,9-12,21H2;3*1-2H3. The van der Waals surface area contributed by atoms with Crippen LogP contribution in [0, 0.1) is 0 Å². The van der Waals surface area contributed by atoms with Gasteiger partial charge in [-0.3, -0.25) is 4.79 Å². The Hall–Kier alpha value is -2.05. The fourth-order valence-corrected chi connectivity index (χ4v) is 2.48. The molecule has 0 saturated heterocycles. The van der Waals surface area contributed by atoms with Crippen LogP contribution in [-0.2, 0) is 4.79 Å². The molecule has 2 aromatic carbocycles. The van der Waals surface area contributed by atoms with Crippen molar-refractivity contribution >= 4 is 21.9 Å². The normalized spacial score (nSPS) is 8.90. The number of carbonyl (C=O) groups excluding carboxylic acids is 1. The van der Waals surface area contributed by atoms with Gasteiger partial charge in [-0.25, -0.2) is 0 Å². The average molecular weight is 499 g/mol. The molecule has 176 valence electrons. The predicted molar refractivity (Wildman–Crippen MR) is 134 cm³/mol. The average Bonchev–Trinajstić information content (AvgIpc) is 2.81. The number of rotatable bonds is 10. The number of hydrogen-bond donors (Lipinski definition) is 1. The third kappa shape index (κ3) is 16.3. The van der Waals surface area contributed by atoms with Crippen molar-refractivity contribution in [1.29, 1.82) is 0 Å². The van der Waals surface area contributed by atoms with E-state index in [9.17, 15) is 4.79 Å². The highest BCUT2D eigenvalue weighted by Gasteiger charge is 2.06. The number of esters is 1. The molecule has 2 rings (SSSR count). The van der Waals surface area contributed by atoms with E-state index >= 15 is 0 Å².